The SMILES string of the molecule is CC1=CC2(CCC(C(C)(C)C)CC2)Nc2ccc3c(c21)c(=O)oc1ccccc13. The van der Waals surface area contributed by atoms with Crippen molar-refractivity contribution in [1.29, 1.82) is 0 Å². The van der Waals surface area contributed by atoms with Crippen molar-refractivity contribution < 1.29 is 4.42 Å². The Morgan fingerprint density at radius 1 is 1.03 bits per heavy atom. The van der Waals surface area contributed by atoms with Gasteiger partial charge in [-0.25, -0.2) is 4.79 Å². The van der Waals surface area contributed by atoms with E-state index in [1.807, 2.05) is 24.3 Å². The van der Waals surface area contributed by atoms with Gasteiger partial charge in [-0.15, -0.1) is 0 Å². The van der Waals surface area contributed by atoms with Gasteiger partial charge in [0.25, 0.3) is 0 Å². The molecule has 150 valence electrons. The molecule has 1 fully saturated rings. The van der Waals surface area contributed by atoms with Gasteiger partial charge < -0.3 is 9.73 Å². The standard InChI is InChI=1S/C26H29NO2/c1-16-15-26(13-11-17(12-14-26)25(2,3)4)27-20-10-9-19-18-7-5-6-8-21(18)29-24(28)23(19)22(16)20/h5-10,15,17,27H,11-14H2,1-4H3. The molecule has 0 amide bonds. The first kappa shape index (κ1) is 18.5. The van der Waals surface area contributed by atoms with Gasteiger partial charge in [0.1, 0.15) is 5.58 Å². The van der Waals surface area contributed by atoms with Crippen LogP contribution in [-0.2, 0) is 0 Å². The highest BCUT2D eigenvalue weighted by Crippen LogP contribution is 2.47. The minimum absolute atomic E-state index is 0.00352. The number of benzene rings is 2. The van der Waals surface area contributed by atoms with Crippen molar-refractivity contribution in [1.82, 2.24) is 0 Å². The average Bonchev–Trinajstić information content (AvgIpc) is 2.67. The topological polar surface area (TPSA) is 42.2 Å². The monoisotopic (exact) mass is 387 g/mol. The molecule has 0 saturated heterocycles. The Bertz CT molecular complexity index is 1200. The smallest absolute Gasteiger partial charge is 0.344 e. The summed E-state index contributed by atoms with van der Waals surface area (Å²) < 4.78 is 5.67. The molecule has 0 radical (unpaired) electrons. The van der Waals surface area contributed by atoms with Crippen LogP contribution in [-0.4, -0.2) is 5.54 Å². The highest BCUT2D eigenvalue weighted by atomic mass is 16.4. The number of nitrogens with one attached hydrogen (secondary N) is 1. The van der Waals surface area contributed by atoms with Gasteiger partial charge in [0.05, 0.1) is 10.9 Å². The third kappa shape index (κ3) is 2.90. The quantitative estimate of drug-likeness (QED) is 0.343. The molecule has 1 N–H and O–H groups in total. The Hall–Kier alpha value is -2.55. The van der Waals surface area contributed by atoms with Gasteiger partial charge in [-0.05, 0) is 61.6 Å². The number of allylic oxidation sites excluding steroid dienone is 1. The van der Waals surface area contributed by atoms with Gasteiger partial charge in [-0.1, -0.05) is 51.1 Å². The summed E-state index contributed by atoms with van der Waals surface area (Å²) in [7, 11) is 0. The second-order valence-corrected chi connectivity index (χ2v) is 10.0. The van der Waals surface area contributed by atoms with Gasteiger partial charge in [0, 0.05) is 22.0 Å². The Balaban J connectivity index is 1.62. The van der Waals surface area contributed by atoms with E-state index >= 15 is 0 Å². The van der Waals surface area contributed by atoms with Crippen LogP contribution in [0.2, 0.25) is 0 Å². The third-order valence-electron chi connectivity index (χ3n) is 7.16. The molecular weight excluding hydrogens is 358 g/mol. The number of para-hydroxylation sites is 1. The summed E-state index contributed by atoms with van der Waals surface area (Å²) in [5.74, 6) is 0.764. The fraction of sp³-hybridized carbons (Fsp3) is 0.423. The third-order valence-corrected chi connectivity index (χ3v) is 7.16. The number of hydrogen-bond donors (Lipinski definition) is 1. The Morgan fingerprint density at radius 2 is 1.76 bits per heavy atom. The van der Waals surface area contributed by atoms with Crippen LogP contribution in [0.4, 0.5) is 5.69 Å². The van der Waals surface area contributed by atoms with Crippen molar-refractivity contribution in [2.24, 2.45) is 11.3 Å². The molecule has 2 aliphatic rings. The normalized spacial score (nSPS) is 24.4. The average molecular weight is 388 g/mol. The first-order valence-corrected chi connectivity index (χ1v) is 10.7. The summed E-state index contributed by atoms with van der Waals surface area (Å²) in [4.78, 5) is 12.9. The summed E-state index contributed by atoms with van der Waals surface area (Å²) >= 11 is 0. The highest BCUT2D eigenvalue weighted by molar-refractivity contribution is 6.10. The minimum atomic E-state index is -0.252. The molecule has 1 aliphatic heterocycles. The molecule has 0 atom stereocenters. The molecule has 1 saturated carbocycles. The van der Waals surface area contributed by atoms with Gasteiger partial charge in [0.2, 0.25) is 0 Å². The molecule has 3 heteroatoms. The minimum Gasteiger partial charge on any atom is -0.422 e. The fourth-order valence-corrected chi connectivity index (χ4v) is 5.54. The van der Waals surface area contributed by atoms with Crippen molar-refractivity contribution in [3.8, 4) is 0 Å². The lowest BCUT2D eigenvalue weighted by atomic mass is 9.66. The highest BCUT2D eigenvalue weighted by Gasteiger charge is 2.40. The maximum absolute atomic E-state index is 12.9. The molecule has 2 heterocycles. The summed E-state index contributed by atoms with van der Waals surface area (Å²) in [6.07, 6.45) is 7.11. The van der Waals surface area contributed by atoms with Gasteiger partial charge in [-0.2, -0.15) is 0 Å². The molecule has 0 unspecified atom stereocenters. The molecule has 29 heavy (non-hydrogen) atoms. The Labute approximate surface area is 171 Å². The first-order chi connectivity index (χ1) is 13.8. The second-order valence-electron chi connectivity index (χ2n) is 10.0. The lowest BCUT2D eigenvalue weighted by Gasteiger charge is -2.46. The molecule has 3 aromatic rings. The maximum Gasteiger partial charge on any atom is 0.344 e. The van der Waals surface area contributed by atoms with Crippen LogP contribution >= 0.6 is 0 Å². The van der Waals surface area contributed by atoms with E-state index in [0.29, 0.717) is 16.4 Å². The summed E-state index contributed by atoms with van der Waals surface area (Å²) in [6.45, 7) is 9.22. The number of rotatable bonds is 0. The molecule has 1 aromatic heterocycles. The predicted octanol–water partition coefficient (Wildman–Crippen LogP) is 6.75. The molecule has 0 bridgehead atoms. The zero-order chi connectivity index (χ0) is 20.4. The lowest BCUT2D eigenvalue weighted by molar-refractivity contribution is 0.157. The van der Waals surface area contributed by atoms with Gasteiger partial charge >= 0.3 is 5.63 Å². The Kier molecular flexibility index (Phi) is 3.96. The number of hydrogen-bond acceptors (Lipinski definition) is 3. The van der Waals surface area contributed by atoms with Gasteiger partial charge in [-0.3, -0.25) is 0 Å². The maximum atomic E-state index is 12.9. The summed E-state index contributed by atoms with van der Waals surface area (Å²) in [6, 6.07) is 12.0. The van der Waals surface area contributed by atoms with E-state index in [2.05, 4.69) is 51.2 Å². The van der Waals surface area contributed by atoms with E-state index in [1.165, 1.54) is 18.4 Å². The van der Waals surface area contributed by atoms with Crippen LogP contribution in [0.1, 0.15) is 58.9 Å². The van der Waals surface area contributed by atoms with E-state index in [1.54, 1.807) is 0 Å². The van der Waals surface area contributed by atoms with Crippen molar-refractivity contribution in [3.63, 3.8) is 0 Å². The number of fused-ring (bicyclic) bond motifs is 5. The van der Waals surface area contributed by atoms with Crippen LogP contribution in [0.3, 0.4) is 0 Å². The van der Waals surface area contributed by atoms with E-state index in [-0.39, 0.29) is 11.2 Å². The largest absolute Gasteiger partial charge is 0.422 e. The zero-order valence-electron chi connectivity index (χ0n) is 17.8. The molecule has 2 aromatic carbocycles. The van der Waals surface area contributed by atoms with Crippen LogP contribution in [0.15, 0.2) is 51.7 Å². The number of anilines is 1. The van der Waals surface area contributed by atoms with Crippen molar-refractivity contribution in [3.05, 3.63) is 58.5 Å². The molecule has 1 aliphatic carbocycles. The molecule has 5 rings (SSSR count). The van der Waals surface area contributed by atoms with E-state index in [9.17, 15) is 4.79 Å². The van der Waals surface area contributed by atoms with Crippen molar-refractivity contribution >= 4 is 33.0 Å². The Morgan fingerprint density at radius 3 is 2.48 bits per heavy atom. The van der Waals surface area contributed by atoms with Crippen molar-refractivity contribution in [2.45, 2.75) is 58.9 Å². The van der Waals surface area contributed by atoms with E-state index in [0.717, 1.165) is 40.8 Å². The summed E-state index contributed by atoms with van der Waals surface area (Å²) in [5.41, 5.74) is 4.01. The van der Waals surface area contributed by atoms with Crippen LogP contribution < -0.4 is 10.9 Å². The molecule has 1 spiro atoms. The van der Waals surface area contributed by atoms with Crippen LogP contribution in [0.25, 0.3) is 27.3 Å². The van der Waals surface area contributed by atoms with Crippen LogP contribution in [0.5, 0.6) is 0 Å². The zero-order valence-corrected chi connectivity index (χ0v) is 17.8. The van der Waals surface area contributed by atoms with E-state index in [4.69, 9.17) is 4.42 Å². The van der Waals surface area contributed by atoms with Crippen LogP contribution in [0, 0.1) is 11.3 Å². The predicted molar refractivity (Wildman–Crippen MR) is 121 cm³/mol. The first-order valence-electron chi connectivity index (χ1n) is 10.7. The fourth-order valence-electron chi connectivity index (χ4n) is 5.54. The molecule has 3 nitrogen and oxygen atoms in total. The van der Waals surface area contributed by atoms with Gasteiger partial charge in [0.15, 0.2) is 0 Å². The van der Waals surface area contributed by atoms with Crippen molar-refractivity contribution in [2.75, 3.05) is 5.32 Å². The summed E-state index contributed by atoms with van der Waals surface area (Å²) in [5, 5.41) is 6.48. The van der Waals surface area contributed by atoms with E-state index < -0.39 is 0 Å². The lowest BCUT2D eigenvalue weighted by Crippen LogP contribution is -2.44. The molecular formula is C26H29NO2. The second kappa shape index (κ2) is 6.22.